The highest BCUT2D eigenvalue weighted by Crippen LogP contribution is 2.41. The summed E-state index contributed by atoms with van der Waals surface area (Å²) in [6.07, 6.45) is -3.77. The van der Waals surface area contributed by atoms with Gasteiger partial charge in [0, 0.05) is 10.1 Å². The molecule has 0 bridgehead atoms. The van der Waals surface area contributed by atoms with Crippen molar-refractivity contribution in [2.45, 2.75) is 6.18 Å². The molecule has 0 saturated carbocycles. The quantitative estimate of drug-likeness (QED) is 0.263. The Balaban J connectivity index is 0.000000575. The van der Waals surface area contributed by atoms with E-state index in [0.717, 1.165) is 17.4 Å². The fourth-order valence-electron chi connectivity index (χ4n) is 2.56. The minimum Gasteiger partial charge on any atom is -0.370 e. The molecule has 0 radical (unpaired) electrons. The molecule has 0 aliphatic carbocycles. The summed E-state index contributed by atoms with van der Waals surface area (Å²) in [6, 6.07) is 11.8. The van der Waals surface area contributed by atoms with Gasteiger partial charge in [-0.15, -0.1) is 11.3 Å². The molecule has 0 saturated heterocycles. The number of carbonyl (C=O) groups excluding carboxylic acids is 1. The molecule has 0 aliphatic heterocycles. The topological polar surface area (TPSA) is 133 Å². The number of carbonyl (C=O) groups is 1. The van der Waals surface area contributed by atoms with E-state index in [2.05, 4.69) is 5.32 Å². The lowest BCUT2D eigenvalue weighted by molar-refractivity contribution is -0.137. The minimum atomic E-state index is -4.48. The van der Waals surface area contributed by atoms with Gasteiger partial charge in [0.2, 0.25) is 0 Å². The van der Waals surface area contributed by atoms with Crippen molar-refractivity contribution in [3.8, 4) is 11.1 Å². The Hall–Kier alpha value is -2.96. The highest BCUT2D eigenvalue weighted by molar-refractivity contribution is 7.85. The van der Waals surface area contributed by atoms with Crippen molar-refractivity contribution in [3.05, 3.63) is 59.0 Å². The van der Waals surface area contributed by atoms with Gasteiger partial charge in [-0.1, -0.05) is 30.3 Å². The second-order valence-electron chi connectivity index (χ2n) is 5.97. The molecule has 160 valence electrons. The van der Waals surface area contributed by atoms with Gasteiger partial charge >= 0.3 is 6.18 Å². The first-order chi connectivity index (χ1) is 13.8. The summed E-state index contributed by atoms with van der Waals surface area (Å²) >= 11 is 1.12. The zero-order valence-electron chi connectivity index (χ0n) is 15.3. The van der Waals surface area contributed by atoms with Gasteiger partial charge in [-0.3, -0.25) is 20.1 Å². The average Bonchev–Trinajstić information content (AvgIpc) is 3.03. The van der Waals surface area contributed by atoms with Gasteiger partial charge in [-0.2, -0.15) is 21.6 Å². The molecule has 3 aromatic rings. The molecule has 0 atom stereocenters. The van der Waals surface area contributed by atoms with Crippen molar-refractivity contribution in [2.75, 3.05) is 6.26 Å². The van der Waals surface area contributed by atoms with E-state index in [0.29, 0.717) is 21.9 Å². The first-order valence-electron chi connectivity index (χ1n) is 8.04. The molecule has 30 heavy (non-hydrogen) atoms. The van der Waals surface area contributed by atoms with E-state index in [1.54, 1.807) is 24.3 Å². The number of hydrogen-bond donors (Lipinski definition) is 4. The fraction of sp³-hybridized carbons (Fsp3) is 0.111. The van der Waals surface area contributed by atoms with E-state index in [-0.39, 0.29) is 10.4 Å². The van der Waals surface area contributed by atoms with Crippen LogP contribution in [0.2, 0.25) is 0 Å². The predicted molar refractivity (Wildman–Crippen MR) is 109 cm³/mol. The molecular formula is C18H16F3N3O4S2. The number of guanidine groups is 1. The van der Waals surface area contributed by atoms with Crippen LogP contribution in [0.5, 0.6) is 0 Å². The van der Waals surface area contributed by atoms with Crippen LogP contribution in [0.15, 0.2) is 48.5 Å². The molecule has 1 amide bonds. The SMILES string of the molecule is CS(=O)(=O)O.N=C(N)NC(=O)c1cc2c(-c3ccccc3C(F)(F)F)cccc2s1. The second kappa shape index (κ2) is 8.81. The van der Waals surface area contributed by atoms with Crippen LogP contribution < -0.4 is 11.1 Å². The zero-order valence-corrected chi connectivity index (χ0v) is 17.0. The summed E-state index contributed by atoms with van der Waals surface area (Å²) in [5.74, 6) is -1.06. The maximum absolute atomic E-state index is 13.3. The lowest BCUT2D eigenvalue weighted by Crippen LogP contribution is -2.35. The molecule has 1 aromatic heterocycles. The van der Waals surface area contributed by atoms with Gasteiger partial charge in [0.05, 0.1) is 16.7 Å². The molecule has 0 fully saturated rings. The van der Waals surface area contributed by atoms with E-state index in [1.807, 2.05) is 0 Å². The maximum atomic E-state index is 13.3. The van der Waals surface area contributed by atoms with Crippen molar-refractivity contribution in [3.63, 3.8) is 0 Å². The second-order valence-corrected chi connectivity index (χ2v) is 8.52. The van der Waals surface area contributed by atoms with Crippen LogP contribution in [-0.2, 0) is 16.3 Å². The highest BCUT2D eigenvalue weighted by atomic mass is 32.2. The fourth-order valence-corrected chi connectivity index (χ4v) is 3.54. The van der Waals surface area contributed by atoms with E-state index in [9.17, 15) is 26.4 Å². The Bertz CT molecular complexity index is 1200. The van der Waals surface area contributed by atoms with Crippen LogP contribution in [0.3, 0.4) is 0 Å². The number of alkyl halides is 3. The summed E-state index contributed by atoms with van der Waals surface area (Å²) < 4.78 is 66.5. The predicted octanol–water partition coefficient (Wildman–Crippen LogP) is 3.71. The number of fused-ring (bicyclic) bond motifs is 1. The molecule has 5 N–H and O–H groups in total. The van der Waals surface area contributed by atoms with Crippen LogP contribution in [0, 0.1) is 5.41 Å². The highest BCUT2D eigenvalue weighted by Gasteiger charge is 2.33. The van der Waals surface area contributed by atoms with Gasteiger partial charge in [-0.05, 0) is 29.3 Å². The largest absolute Gasteiger partial charge is 0.417 e. The molecule has 12 heteroatoms. The summed E-state index contributed by atoms with van der Waals surface area (Å²) in [5, 5.41) is 9.81. The molecule has 3 rings (SSSR count). The van der Waals surface area contributed by atoms with Crippen molar-refractivity contribution in [1.29, 1.82) is 5.41 Å². The number of nitrogens with two attached hydrogens (primary N) is 1. The van der Waals surface area contributed by atoms with E-state index >= 15 is 0 Å². The van der Waals surface area contributed by atoms with Gasteiger partial charge in [-0.25, -0.2) is 0 Å². The summed E-state index contributed by atoms with van der Waals surface area (Å²) in [6.45, 7) is 0. The third-order valence-electron chi connectivity index (χ3n) is 3.56. The normalized spacial score (nSPS) is 11.5. The van der Waals surface area contributed by atoms with Gasteiger partial charge in [0.1, 0.15) is 0 Å². The van der Waals surface area contributed by atoms with Crippen molar-refractivity contribution < 1.29 is 30.9 Å². The van der Waals surface area contributed by atoms with Gasteiger partial charge in [0.15, 0.2) is 5.96 Å². The monoisotopic (exact) mass is 459 g/mol. The molecule has 1 heterocycles. The zero-order chi connectivity index (χ0) is 22.7. The molecule has 0 aliphatic rings. The van der Waals surface area contributed by atoms with Crippen LogP contribution in [-0.4, -0.2) is 31.1 Å². The number of hydrogen-bond acceptors (Lipinski definition) is 5. The Labute approximate surface area is 173 Å². The number of nitrogens with one attached hydrogen (secondary N) is 2. The van der Waals surface area contributed by atoms with Crippen molar-refractivity contribution in [1.82, 2.24) is 5.32 Å². The molecular weight excluding hydrogens is 443 g/mol. The van der Waals surface area contributed by atoms with E-state index < -0.39 is 33.7 Å². The average molecular weight is 459 g/mol. The Morgan fingerprint density at radius 3 is 2.27 bits per heavy atom. The first kappa shape index (κ1) is 23.3. The molecule has 0 spiro atoms. The minimum absolute atomic E-state index is 0.0527. The Kier molecular flexibility index (Phi) is 6.85. The Morgan fingerprint density at radius 1 is 1.13 bits per heavy atom. The third kappa shape index (κ3) is 6.27. The van der Waals surface area contributed by atoms with E-state index in [1.165, 1.54) is 18.2 Å². The standard InChI is InChI=1S/C17H12F3N3OS.CH4O3S/c18-17(19,20)12-6-2-1-4-10(12)9-5-3-7-13-11(9)8-14(25-13)15(24)23-16(21)22;1-5(2,3)4/h1-8H,(H4,21,22,23,24);1H3,(H,2,3,4). The summed E-state index contributed by atoms with van der Waals surface area (Å²) in [7, 11) is -3.67. The van der Waals surface area contributed by atoms with Crippen molar-refractivity contribution >= 4 is 43.4 Å². The van der Waals surface area contributed by atoms with Crippen molar-refractivity contribution in [2.24, 2.45) is 5.73 Å². The van der Waals surface area contributed by atoms with Crippen LogP contribution in [0.25, 0.3) is 21.2 Å². The number of thiophene rings is 1. The number of benzene rings is 2. The smallest absolute Gasteiger partial charge is 0.370 e. The lowest BCUT2D eigenvalue weighted by Gasteiger charge is -2.13. The summed E-state index contributed by atoms with van der Waals surface area (Å²) in [5.41, 5.74) is 4.86. The van der Waals surface area contributed by atoms with Crippen LogP contribution >= 0.6 is 11.3 Å². The Morgan fingerprint density at radius 2 is 1.70 bits per heavy atom. The first-order valence-corrected chi connectivity index (χ1v) is 10.7. The molecule has 2 aromatic carbocycles. The number of amides is 1. The van der Waals surface area contributed by atoms with E-state index in [4.69, 9.17) is 15.7 Å². The number of halogens is 3. The van der Waals surface area contributed by atoms with Crippen LogP contribution in [0.1, 0.15) is 15.2 Å². The molecule has 0 unspecified atom stereocenters. The van der Waals surface area contributed by atoms with Gasteiger partial charge < -0.3 is 5.73 Å². The van der Waals surface area contributed by atoms with Gasteiger partial charge in [0.25, 0.3) is 16.0 Å². The van der Waals surface area contributed by atoms with Crippen LogP contribution in [0.4, 0.5) is 13.2 Å². The maximum Gasteiger partial charge on any atom is 0.417 e. The summed E-state index contributed by atoms with van der Waals surface area (Å²) in [4.78, 5) is 12.3. The number of rotatable bonds is 2. The lowest BCUT2D eigenvalue weighted by atomic mass is 9.96. The molecule has 7 nitrogen and oxygen atoms in total. The third-order valence-corrected chi connectivity index (χ3v) is 4.66.